The van der Waals surface area contributed by atoms with Crippen LogP contribution in [0.2, 0.25) is 0 Å². The highest BCUT2D eigenvalue weighted by Gasteiger charge is 2.35. The van der Waals surface area contributed by atoms with Gasteiger partial charge in [0, 0.05) is 31.9 Å². The van der Waals surface area contributed by atoms with E-state index in [0.717, 1.165) is 0 Å². The summed E-state index contributed by atoms with van der Waals surface area (Å²) in [6.07, 6.45) is 2.79. The van der Waals surface area contributed by atoms with Crippen LogP contribution >= 0.6 is 0 Å². The fourth-order valence-corrected chi connectivity index (χ4v) is 2.05. The van der Waals surface area contributed by atoms with Crippen LogP contribution in [0.5, 0.6) is 0 Å². The number of amides is 1. The molecule has 1 aliphatic heterocycles. The third-order valence-corrected chi connectivity index (χ3v) is 2.86. The summed E-state index contributed by atoms with van der Waals surface area (Å²) in [6.45, 7) is 1.52. The maximum absolute atomic E-state index is 13.2. The van der Waals surface area contributed by atoms with E-state index in [1.165, 1.54) is 0 Å². The topological polar surface area (TPSA) is 64.2 Å². The number of nitrogens with two attached hydrogens (primary N) is 1. The number of primary amides is 1. The molecule has 2 heterocycles. The van der Waals surface area contributed by atoms with Crippen LogP contribution in [0.25, 0.3) is 0 Å². The summed E-state index contributed by atoms with van der Waals surface area (Å²) in [4.78, 5) is 12.9. The number of aromatic nitrogens is 2. The molecule has 1 amide bonds. The molecule has 1 aliphatic rings. The second-order valence-corrected chi connectivity index (χ2v) is 4.02. The number of alkyl halides is 1. The van der Waals surface area contributed by atoms with Crippen molar-refractivity contribution in [1.82, 2.24) is 14.7 Å². The van der Waals surface area contributed by atoms with Crippen molar-refractivity contribution in [2.24, 2.45) is 5.73 Å². The molecule has 0 bridgehead atoms. The van der Waals surface area contributed by atoms with Gasteiger partial charge in [-0.3, -0.25) is 14.4 Å². The average molecular weight is 226 g/mol. The first-order valence-electron chi connectivity index (χ1n) is 5.31. The lowest BCUT2D eigenvalue weighted by molar-refractivity contribution is -0.122. The molecule has 16 heavy (non-hydrogen) atoms. The lowest BCUT2D eigenvalue weighted by Crippen LogP contribution is -2.41. The monoisotopic (exact) mass is 226 g/mol. The number of carbonyl (C=O) groups excluding carboxylic acids is 1. The summed E-state index contributed by atoms with van der Waals surface area (Å²) >= 11 is 0. The lowest BCUT2D eigenvalue weighted by Gasteiger charge is -2.20. The molecule has 1 aromatic rings. The summed E-state index contributed by atoms with van der Waals surface area (Å²) in [5.41, 5.74) is 5.23. The van der Waals surface area contributed by atoms with Crippen molar-refractivity contribution in [2.75, 3.05) is 13.1 Å². The van der Waals surface area contributed by atoms with Crippen molar-refractivity contribution in [3.05, 3.63) is 18.5 Å². The lowest BCUT2D eigenvalue weighted by atomic mass is 10.2. The summed E-state index contributed by atoms with van der Waals surface area (Å²) in [7, 11) is 0. The zero-order chi connectivity index (χ0) is 11.5. The molecule has 0 radical (unpaired) electrons. The molecule has 0 aromatic carbocycles. The fraction of sp³-hybridized carbons (Fsp3) is 0.600. The summed E-state index contributed by atoms with van der Waals surface area (Å²) in [6, 6.07) is 1.36. The van der Waals surface area contributed by atoms with Gasteiger partial charge < -0.3 is 5.73 Å². The molecule has 1 saturated heterocycles. The third kappa shape index (κ3) is 2.38. The van der Waals surface area contributed by atoms with E-state index in [2.05, 4.69) is 5.10 Å². The normalized spacial score (nSPS) is 26.1. The van der Waals surface area contributed by atoms with Crippen molar-refractivity contribution >= 4 is 5.91 Å². The third-order valence-electron chi connectivity index (χ3n) is 2.86. The van der Waals surface area contributed by atoms with Crippen molar-refractivity contribution in [3.63, 3.8) is 0 Å². The minimum Gasteiger partial charge on any atom is -0.368 e. The molecule has 1 aromatic heterocycles. The number of carbonyl (C=O) groups is 1. The van der Waals surface area contributed by atoms with Crippen LogP contribution in [0.4, 0.5) is 4.39 Å². The maximum Gasteiger partial charge on any atom is 0.234 e. The maximum atomic E-state index is 13.2. The summed E-state index contributed by atoms with van der Waals surface area (Å²) < 4.78 is 14.9. The number of rotatable bonds is 4. The van der Waals surface area contributed by atoms with Gasteiger partial charge in [-0.2, -0.15) is 5.10 Å². The molecule has 0 saturated carbocycles. The number of halogens is 1. The predicted molar refractivity (Wildman–Crippen MR) is 56.3 cm³/mol. The van der Waals surface area contributed by atoms with Crippen LogP contribution in [-0.4, -0.2) is 45.9 Å². The van der Waals surface area contributed by atoms with Gasteiger partial charge in [-0.05, 0) is 6.07 Å². The van der Waals surface area contributed by atoms with Gasteiger partial charge in [0.2, 0.25) is 5.91 Å². The minimum absolute atomic E-state index is 0.217. The van der Waals surface area contributed by atoms with Gasteiger partial charge in [0.25, 0.3) is 0 Å². The van der Waals surface area contributed by atoms with Gasteiger partial charge >= 0.3 is 0 Å². The van der Waals surface area contributed by atoms with Crippen molar-refractivity contribution in [1.29, 1.82) is 0 Å². The van der Waals surface area contributed by atoms with E-state index in [-0.39, 0.29) is 13.0 Å². The standard InChI is InChI=1S/C10H15FN4O/c11-8-6-9(10(12)16)14(7-8)4-5-15-3-1-2-13-15/h1-3,8-9H,4-7H2,(H2,12,16)/t8-,9+/m1/s1. The van der Waals surface area contributed by atoms with Gasteiger partial charge in [-0.15, -0.1) is 0 Å². The number of likely N-dealkylation sites (tertiary alicyclic amines) is 1. The number of hydrogen-bond acceptors (Lipinski definition) is 3. The SMILES string of the molecule is NC(=O)[C@@H]1C[C@@H](F)CN1CCn1cccn1. The minimum atomic E-state index is -0.949. The van der Waals surface area contributed by atoms with Crippen molar-refractivity contribution < 1.29 is 9.18 Å². The Morgan fingerprint density at radius 1 is 1.56 bits per heavy atom. The van der Waals surface area contributed by atoms with Gasteiger partial charge in [-0.1, -0.05) is 0 Å². The van der Waals surface area contributed by atoms with E-state index >= 15 is 0 Å². The molecule has 2 N–H and O–H groups in total. The van der Waals surface area contributed by atoms with Crippen LogP contribution in [0.1, 0.15) is 6.42 Å². The molecule has 88 valence electrons. The smallest absolute Gasteiger partial charge is 0.234 e. The van der Waals surface area contributed by atoms with E-state index in [9.17, 15) is 9.18 Å². The molecule has 6 heteroatoms. The molecule has 2 rings (SSSR count). The van der Waals surface area contributed by atoms with E-state index < -0.39 is 18.1 Å². The van der Waals surface area contributed by atoms with Crippen LogP contribution in [-0.2, 0) is 11.3 Å². The van der Waals surface area contributed by atoms with Crippen LogP contribution in [0.15, 0.2) is 18.5 Å². The average Bonchev–Trinajstić information content (AvgIpc) is 2.83. The second kappa shape index (κ2) is 4.61. The van der Waals surface area contributed by atoms with Crippen LogP contribution in [0.3, 0.4) is 0 Å². The van der Waals surface area contributed by atoms with Gasteiger partial charge in [-0.25, -0.2) is 4.39 Å². The highest BCUT2D eigenvalue weighted by Crippen LogP contribution is 2.19. The molecule has 0 aliphatic carbocycles. The molecule has 1 fully saturated rings. The van der Waals surface area contributed by atoms with E-state index in [0.29, 0.717) is 13.1 Å². The highest BCUT2D eigenvalue weighted by molar-refractivity contribution is 5.80. The first kappa shape index (κ1) is 11.1. The zero-order valence-corrected chi connectivity index (χ0v) is 8.92. The van der Waals surface area contributed by atoms with Crippen LogP contribution < -0.4 is 5.73 Å². The predicted octanol–water partition coefficient (Wildman–Crippen LogP) is -0.219. The Morgan fingerprint density at radius 2 is 2.38 bits per heavy atom. The number of hydrogen-bond donors (Lipinski definition) is 1. The summed E-state index contributed by atoms with van der Waals surface area (Å²) in [5, 5.41) is 4.05. The van der Waals surface area contributed by atoms with Gasteiger partial charge in [0.15, 0.2) is 0 Å². The Bertz CT molecular complexity index is 354. The summed E-state index contributed by atoms with van der Waals surface area (Å²) in [5.74, 6) is -0.444. The Balaban J connectivity index is 1.90. The number of nitrogens with zero attached hydrogens (tertiary/aromatic N) is 3. The molecule has 0 unspecified atom stereocenters. The van der Waals surface area contributed by atoms with Gasteiger partial charge in [0.05, 0.1) is 12.6 Å². The van der Waals surface area contributed by atoms with Crippen molar-refractivity contribution in [2.45, 2.75) is 25.2 Å². The molecule has 0 spiro atoms. The van der Waals surface area contributed by atoms with Gasteiger partial charge in [0.1, 0.15) is 6.17 Å². The Morgan fingerprint density at radius 3 is 3.00 bits per heavy atom. The zero-order valence-electron chi connectivity index (χ0n) is 8.92. The Labute approximate surface area is 93.0 Å². The molecular formula is C10H15FN4O. The van der Waals surface area contributed by atoms with E-state index in [4.69, 9.17) is 5.73 Å². The second-order valence-electron chi connectivity index (χ2n) is 4.02. The van der Waals surface area contributed by atoms with Crippen LogP contribution in [0, 0.1) is 0 Å². The molecule has 2 atom stereocenters. The fourth-order valence-electron chi connectivity index (χ4n) is 2.05. The van der Waals surface area contributed by atoms with E-state index in [1.54, 1.807) is 15.8 Å². The van der Waals surface area contributed by atoms with Crippen molar-refractivity contribution in [3.8, 4) is 0 Å². The quantitative estimate of drug-likeness (QED) is 0.772. The Hall–Kier alpha value is -1.43. The first-order valence-corrected chi connectivity index (χ1v) is 5.31. The molecule has 5 nitrogen and oxygen atoms in total. The van der Waals surface area contributed by atoms with E-state index in [1.807, 2.05) is 12.3 Å². The highest BCUT2D eigenvalue weighted by atomic mass is 19.1. The Kier molecular flexibility index (Phi) is 3.19. The first-order chi connectivity index (χ1) is 7.66. The largest absolute Gasteiger partial charge is 0.368 e. The molecular weight excluding hydrogens is 211 g/mol.